The third kappa shape index (κ3) is 2.23. The topological polar surface area (TPSA) is 49.7 Å². The molecule has 1 aliphatic rings. The van der Waals surface area contributed by atoms with Gasteiger partial charge in [0, 0.05) is 0 Å². The van der Waals surface area contributed by atoms with E-state index in [1.54, 1.807) is 0 Å². The van der Waals surface area contributed by atoms with Crippen LogP contribution in [0.1, 0.15) is 0 Å². The highest BCUT2D eigenvalue weighted by Gasteiger charge is 2.93. The quantitative estimate of drug-likeness (QED) is 0.560. The van der Waals surface area contributed by atoms with Gasteiger partial charge in [0.15, 0.2) is 0 Å². The average Bonchev–Trinajstić information content (AvgIpc) is 2.88. The SMILES string of the molecule is O=S(=O)(N1OC1(C(F)(F)F)C(F)(F)F)C(F)(F)C(F)(F)F. The molecule has 0 bridgehead atoms. The molecule has 0 N–H and O–H groups in total. The van der Waals surface area contributed by atoms with Gasteiger partial charge in [0.25, 0.3) is 0 Å². The van der Waals surface area contributed by atoms with E-state index in [1.165, 1.54) is 0 Å². The minimum absolute atomic E-state index is 2.45. The summed E-state index contributed by atoms with van der Waals surface area (Å²) in [7, 11) is -7.48. The summed E-state index contributed by atoms with van der Waals surface area (Å²) in [5.41, 5.74) is -5.78. The average molecular weight is 363 g/mol. The van der Waals surface area contributed by atoms with Crippen LogP contribution in [0.4, 0.5) is 48.3 Å². The Kier molecular flexibility index (Phi) is 3.54. The molecule has 1 aliphatic heterocycles. The van der Waals surface area contributed by atoms with Crippen LogP contribution in [0.25, 0.3) is 0 Å². The third-order valence-corrected chi connectivity index (χ3v) is 3.73. The van der Waals surface area contributed by atoms with Gasteiger partial charge in [-0.25, -0.2) is 13.3 Å². The van der Waals surface area contributed by atoms with E-state index in [2.05, 4.69) is 4.84 Å². The second kappa shape index (κ2) is 4.09. The van der Waals surface area contributed by atoms with Crippen molar-refractivity contribution in [2.24, 2.45) is 0 Å². The molecule has 0 saturated carbocycles. The molecular formula is C5F11NO3S. The Morgan fingerprint density at radius 2 is 1.10 bits per heavy atom. The predicted molar refractivity (Wildman–Crippen MR) is 37.7 cm³/mol. The van der Waals surface area contributed by atoms with Crippen molar-refractivity contribution in [3.05, 3.63) is 0 Å². The van der Waals surface area contributed by atoms with Crippen LogP contribution in [0.5, 0.6) is 0 Å². The number of sulfonamides is 1. The zero-order valence-corrected chi connectivity index (χ0v) is 9.55. The number of hydrogen-bond donors (Lipinski definition) is 0. The van der Waals surface area contributed by atoms with Gasteiger partial charge in [-0.3, -0.25) is 0 Å². The van der Waals surface area contributed by atoms with E-state index in [9.17, 15) is 56.7 Å². The number of halogens is 11. The molecule has 1 fully saturated rings. The molecule has 0 spiro atoms. The maximum absolute atomic E-state index is 12.5. The van der Waals surface area contributed by atoms with Crippen molar-refractivity contribution in [1.82, 2.24) is 4.47 Å². The van der Waals surface area contributed by atoms with Crippen LogP contribution < -0.4 is 0 Å². The highest BCUT2D eigenvalue weighted by atomic mass is 32.2. The van der Waals surface area contributed by atoms with Crippen LogP contribution >= 0.6 is 0 Å². The van der Waals surface area contributed by atoms with Crippen LogP contribution in [0.15, 0.2) is 0 Å². The van der Waals surface area contributed by atoms with Crippen molar-refractivity contribution in [2.75, 3.05) is 0 Å². The second-order valence-corrected chi connectivity index (χ2v) is 5.27. The van der Waals surface area contributed by atoms with Gasteiger partial charge >= 0.3 is 39.5 Å². The van der Waals surface area contributed by atoms with Crippen molar-refractivity contribution >= 4 is 10.0 Å². The molecule has 0 aromatic heterocycles. The van der Waals surface area contributed by atoms with Crippen molar-refractivity contribution in [2.45, 2.75) is 29.5 Å². The van der Waals surface area contributed by atoms with E-state index < -0.39 is 44.0 Å². The summed E-state index contributed by atoms with van der Waals surface area (Å²) in [4.78, 5) is 2.60. The van der Waals surface area contributed by atoms with Gasteiger partial charge in [-0.1, -0.05) is 0 Å². The van der Waals surface area contributed by atoms with E-state index in [4.69, 9.17) is 0 Å². The van der Waals surface area contributed by atoms with Crippen molar-refractivity contribution in [3.8, 4) is 0 Å². The number of alkyl halides is 11. The molecule has 1 heterocycles. The largest absolute Gasteiger partial charge is 0.471 e. The van der Waals surface area contributed by atoms with Gasteiger partial charge < -0.3 is 0 Å². The van der Waals surface area contributed by atoms with E-state index in [0.717, 1.165) is 0 Å². The molecule has 4 nitrogen and oxygen atoms in total. The van der Waals surface area contributed by atoms with Crippen LogP contribution in [-0.2, 0) is 14.9 Å². The first-order valence-electron chi connectivity index (χ1n) is 4.16. The summed E-state index contributed by atoms with van der Waals surface area (Å²) in [5, 5.41) is -6.92. The molecule has 1 saturated heterocycles. The smallest absolute Gasteiger partial charge is 0.236 e. The lowest BCUT2D eigenvalue weighted by Crippen LogP contribution is -2.54. The van der Waals surface area contributed by atoms with Gasteiger partial charge in [-0.15, -0.1) is 0 Å². The summed E-state index contributed by atoms with van der Waals surface area (Å²) in [6, 6.07) is 0. The first-order valence-corrected chi connectivity index (χ1v) is 5.60. The molecule has 0 aromatic rings. The minimum atomic E-state index is -7.48. The van der Waals surface area contributed by atoms with E-state index in [1.807, 2.05) is 0 Å². The Hall–Kier alpha value is -0.900. The van der Waals surface area contributed by atoms with Gasteiger partial charge in [0.1, 0.15) is 0 Å². The zero-order chi connectivity index (χ0) is 17.3. The molecule has 0 aromatic carbocycles. The molecule has 1 atom stereocenters. The second-order valence-electron chi connectivity index (χ2n) is 3.48. The van der Waals surface area contributed by atoms with Crippen LogP contribution in [-0.4, -0.2) is 42.4 Å². The summed E-state index contributed by atoms with van der Waals surface area (Å²) in [6.45, 7) is 0. The number of hydrogen-bond acceptors (Lipinski definition) is 3. The fourth-order valence-corrected chi connectivity index (χ4v) is 2.29. The maximum Gasteiger partial charge on any atom is 0.471 e. The monoisotopic (exact) mass is 363 g/mol. The summed E-state index contributed by atoms with van der Waals surface area (Å²) < 4.78 is 152. The zero-order valence-electron chi connectivity index (χ0n) is 8.74. The highest BCUT2D eigenvalue weighted by Crippen LogP contribution is 2.61. The molecule has 0 aliphatic carbocycles. The lowest BCUT2D eigenvalue weighted by atomic mass is 10.2. The fraction of sp³-hybridized carbons (Fsp3) is 1.00. The molecule has 0 radical (unpaired) electrons. The highest BCUT2D eigenvalue weighted by molar-refractivity contribution is 7.90. The van der Waals surface area contributed by atoms with E-state index in [0.29, 0.717) is 0 Å². The van der Waals surface area contributed by atoms with E-state index >= 15 is 0 Å². The molecule has 16 heteroatoms. The Morgan fingerprint density at radius 3 is 1.29 bits per heavy atom. The maximum atomic E-state index is 12.5. The van der Waals surface area contributed by atoms with Crippen molar-refractivity contribution in [1.29, 1.82) is 0 Å². The summed E-state index contributed by atoms with van der Waals surface area (Å²) >= 11 is 0. The number of rotatable bonds is 2. The first kappa shape index (κ1) is 18.1. The minimum Gasteiger partial charge on any atom is -0.236 e. The molecule has 1 unspecified atom stereocenters. The lowest BCUT2D eigenvalue weighted by Gasteiger charge is -2.22. The normalized spacial score (nSPS) is 24.0. The van der Waals surface area contributed by atoms with Gasteiger partial charge in [0.05, 0.1) is 0 Å². The van der Waals surface area contributed by atoms with Gasteiger partial charge in [0.2, 0.25) is 0 Å². The van der Waals surface area contributed by atoms with Gasteiger partial charge in [-0.05, 0) is 4.47 Å². The van der Waals surface area contributed by atoms with Crippen LogP contribution in [0.2, 0.25) is 0 Å². The van der Waals surface area contributed by atoms with E-state index in [-0.39, 0.29) is 0 Å². The summed E-state index contributed by atoms with van der Waals surface area (Å²) in [6.07, 6.45) is -20.2. The standard InChI is InChI=1S/C5F11NO3S/c6-2(7,8)1(3(9,10)11)17(20-1)21(18,19)5(15,16)4(12,13)14. The van der Waals surface area contributed by atoms with Crippen LogP contribution in [0.3, 0.4) is 0 Å². The van der Waals surface area contributed by atoms with Crippen LogP contribution in [0, 0.1) is 0 Å². The summed E-state index contributed by atoms with van der Waals surface area (Å²) in [5.74, 6) is 0. The molecular weight excluding hydrogens is 363 g/mol. The van der Waals surface area contributed by atoms with Gasteiger partial charge in [-0.2, -0.15) is 48.3 Å². The number of hydroxylamine groups is 1. The number of nitrogens with zero attached hydrogens (tertiary/aromatic N) is 1. The lowest BCUT2D eigenvalue weighted by molar-refractivity contribution is -0.295. The molecule has 0 amide bonds. The Bertz CT molecular complexity index is 514. The fourth-order valence-electron chi connectivity index (χ4n) is 1.04. The third-order valence-electron chi connectivity index (χ3n) is 2.08. The Morgan fingerprint density at radius 1 is 0.762 bits per heavy atom. The predicted octanol–water partition coefficient (Wildman–Crippen LogP) is 2.54. The van der Waals surface area contributed by atoms with Crippen molar-refractivity contribution in [3.63, 3.8) is 0 Å². The molecule has 1 rings (SSSR count). The molecule has 21 heavy (non-hydrogen) atoms. The molecule has 126 valence electrons. The Labute approximate surface area is 107 Å². The Balaban J connectivity index is 3.40. The first-order chi connectivity index (χ1) is 8.84. The van der Waals surface area contributed by atoms with Crippen molar-refractivity contribution < 1.29 is 61.5 Å².